The van der Waals surface area contributed by atoms with Crippen molar-refractivity contribution in [3.05, 3.63) is 107 Å². The lowest BCUT2D eigenvalue weighted by molar-refractivity contribution is -0.110. The number of aliphatic imine (C=N–C) groups is 1. The third-order valence-corrected chi connectivity index (χ3v) is 5.86. The van der Waals surface area contributed by atoms with Gasteiger partial charge in [-0.1, -0.05) is 12.1 Å². The standard InChI is InChI=1S/C15H13NO3.C14H9NO2/c1-15(2)11-7-9(17)3-5-12(11)16-13-6-4-10(18)8-14(13)19-15;16-11-3-5-13-9(7-11)1-2-10-8-12(17)4-6-14(10)15-13/h3-8,17H,1-2H3;1-8,16H. The molecule has 178 valence electrons. The highest BCUT2D eigenvalue weighted by molar-refractivity contribution is 6.19. The second kappa shape index (κ2) is 8.78. The molecule has 7 heteroatoms. The Morgan fingerprint density at radius 3 is 2.44 bits per heavy atom. The largest absolute Gasteiger partial charge is 0.508 e. The number of phenolic OH excluding ortho intramolecular Hbond substituents is 2. The molecule has 4 aliphatic rings. The molecule has 2 heterocycles. The van der Waals surface area contributed by atoms with E-state index >= 15 is 0 Å². The van der Waals surface area contributed by atoms with E-state index in [-0.39, 0.29) is 22.7 Å². The highest BCUT2D eigenvalue weighted by Gasteiger charge is 2.32. The Labute approximate surface area is 206 Å². The van der Waals surface area contributed by atoms with Gasteiger partial charge in [0.1, 0.15) is 28.6 Å². The zero-order valence-corrected chi connectivity index (χ0v) is 19.6. The van der Waals surface area contributed by atoms with Gasteiger partial charge in [0.15, 0.2) is 11.2 Å². The van der Waals surface area contributed by atoms with E-state index in [0.29, 0.717) is 11.5 Å². The van der Waals surface area contributed by atoms with Gasteiger partial charge in [-0.2, -0.15) is 0 Å². The summed E-state index contributed by atoms with van der Waals surface area (Å²) in [6.45, 7) is 3.76. The highest BCUT2D eigenvalue weighted by Crippen LogP contribution is 2.40. The summed E-state index contributed by atoms with van der Waals surface area (Å²) in [7, 11) is 0. The van der Waals surface area contributed by atoms with E-state index < -0.39 is 5.60 Å². The molecule has 0 amide bonds. The van der Waals surface area contributed by atoms with E-state index in [1.165, 1.54) is 18.2 Å². The minimum atomic E-state index is -0.670. The minimum absolute atomic E-state index is 0.0302. The van der Waals surface area contributed by atoms with E-state index in [1.807, 2.05) is 26.0 Å². The Morgan fingerprint density at radius 2 is 1.61 bits per heavy atom. The molecule has 2 aliphatic heterocycles. The van der Waals surface area contributed by atoms with Gasteiger partial charge in [-0.3, -0.25) is 9.59 Å². The molecule has 2 aromatic rings. The van der Waals surface area contributed by atoms with Crippen molar-refractivity contribution in [1.29, 1.82) is 0 Å². The van der Waals surface area contributed by atoms with Crippen LogP contribution in [0.3, 0.4) is 0 Å². The molecule has 0 saturated heterocycles. The number of ether oxygens (including phenoxy) is 1. The Balaban J connectivity index is 0.000000149. The zero-order valence-electron chi connectivity index (χ0n) is 19.6. The first-order valence-electron chi connectivity index (χ1n) is 11.3. The summed E-state index contributed by atoms with van der Waals surface area (Å²) in [6.07, 6.45) is 4.55. The number of aromatic hydroxyl groups is 2. The molecular formula is C29H22N2O5. The fourth-order valence-corrected chi connectivity index (χ4v) is 4.09. The number of rotatable bonds is 0. The van der Waals surface area contributed by atoms with Gasteiger partial charge < -0.3 is 14.9 Å². The molecule has 2 aromatic carbocycles. The summed E-state index contributed by atoms with van der Waals surface area (Å²) >= 11 is 0. The number of carbonyl (C=O) groups is 1. The Hall–Kier alpha value is -4.78. The maximum Gasteiger partial charge on any atom is 0.182 e. The van der Waals surface area contributed by atoms with Crippen LogP contribution in [0.4, 0.5) is 5.69 Å². The lowest BCUT2D eigenvalue weighted by Gasteiger charge is -2.27. The molecule has 2 aliphatic carbocycles. The summed E-state index contributed by atoms with van der Waals surface area (Å²) in [4.78, 5) is 31.7. The van der Waals surface area contributed by atoms with E-state index in [1.54, 1.807) is 54.6 Å². The van der Waals surface area contributed by atoms with Crippen LogP contribution in [0.2, 0.25) is 0 Å². The molecule has 0 fully saturated rings. The van der Waals surface area contributed by atoms with Crippen LogP contribution >= 0.6 is 0 Å². The molecule has 0 atom stereocenters. The number of hydrogen-bond acceptors (Lipinski definition) is 7. The number of nitrogens with zero attached hydrogens (tertiary/aromatic N) is 2. The fourth-order valence-electron chi connectivity index (χ4n) is 4.09. The lowest BCUT2D eigenvalue weighted by atomic mass is 9.96. The van der Waals surface area contributed by atoms with Crippen molar-refractivity contribution in [3.63, 3.8) is 0 Å². The highest BCUT2D eigenvalue weighted by atomic mass is 16.5. The summed E-state index contributed by atoms with van der Waals surface area (Å²) in [6, 6.07) is 18.4. The molecule has 0 aromatic heterocycles. The maximum absolute atomic E-state index is 11.4. The van der Waals surface area contributed by atoms with Crippen molar-refractivity contribution in [2.45, 2.75) is 19.4 Å². The second-order valence-corrected chi connectivity index (χ2v) is 8.96. The topological polar surface area (TPSA) is 109 Å². The van der Waals surface area contributed by atoms with Crippen LogP contribution in [-0.4, -0.2) is 26.7 Å². The van der Waals surface area contributed by atoms with Crippen LogP contribution in [0.25, 0.3) is 22.2 Å². The van der Waals surface area contributed by atoms with Crippen LogP contribution in [0.1, 0.15) is 19.4 Å². The van der Waals surface area contributed by atoms with Crippen LogP contribution in [0.15, 0.2) is 101 Å². The third-order valence-electron chi connectivity index (χ3n) is 5.86. The molecule has 0 radical (unpaired) electrons. The number of benzene rings is 3. The number of carbonyl (C=O) groups excluding carboxylic acids is 1. The van der Waals surface area contributed by atoms with Gasteiger partial charge in [-0.15, -0.1) is 0 Å². The number of fused-ring (bicyclic) bond motifs is 4. The van der Waals surface area contributed by atoms with Gasteiger partial charge in [-0.05, 0) is 80.6 Å². The van der Waals surface area contributed by atoms with Crippen LogP contribution < -0.4 is 5.43 Å². The van der Waals surface area contributed by atoms with Crippen molar-refractivity contribution < 1.29 is 19.7 Å². The number of phenols is 2. The molecule has 6 rings (SSSR count). The first kappa shape index (κ1) is 23.0. The van der Waals surface area contributed by atoms with Gasteiger partial charge in [-0.25, -0.2) is 9.98 Å². The zero-order chi connectivity index (χ0) is 25.4. The summed E-state index contributed by atoms with van der Waals surface area (Å²) in [5.74, 6) is 0.729. The van der Waals surface area contributed by atoms with Crippen molar-refractivity contribution in [2.75, 3.05) is 0 Å². The van der Waals surface area contributed by atoms with E-state index in [9.17, 15) is 19.8 Å². The predicted octanol–water partition coefficient (Wildman–Crippen LogP) is 5.16. The van der Waals surface area contributed by atoms with Gasteiger partial charge in [0.25, 0.3) is 0 Å². The number of aromatic nitrogens is 1. The van der Waals surface area contributed by atoms with Gasteiger partial charge in [0.05, 0.1) is 16.9 Å². The van der Waals surface area contributed by atoms with Crippen LogP contribution in [0.5, 0.6) is 11.5 Å². The average molecular weight is 479 g/mol. The van der Waals surface area contributed by atoms with Gasteiger partial charge in [0, 0.05) is 22.6 Å². The minimum Gasteiger partial charge on any atom is -0.508 e. The Bertz CT molecular complexity index is 1650. The number of allylic oxidation sites excluding steroid dienone is 3. The van der Waals surface area contributed by atoms with Crippen LogP contribution in [-0.2, 0) is 15.1 Å². The molecule has 7 nitrogen and oxygen atoms in total. The molecule has 0 bridgehead atoms. The molecule has 0 unspecified atom stereocenters. The SMILES string of the molecule is CC1(C)OC2=CC(=O)C=CC2=Nc2ccc(O)cc21.O=c1ccc2nc3ccc(O)cc3ccc-2c1. The molecule has 2 N–H and O–H groups in total. The fraction of sp³-hybridized carbons (Fsp3) is 0.103. The molecular weight excluding hydrogens is 456 g/mol. The van der Waals surface area contributed by atoms with Crippen molar-refractivity contribution in [2.24, 2.45) is 4.99 Å². The smallest absolute Gasteiger partial charge is 0.182 e. The summed E-state index contributed by atoms with van der Waals surface area (Å²) in [5.41, 5.74) is 3.80. The monoisotopic (exact) mass is 478 g/mol. The first-order chi connectivity index (χ1) is 17.2. The van der Waals surface area contributed by atoms with Gasteiger partial charge in [0.2, 0.25) is 0 Å². The van der Waals surface area contributed by atoms with Crippen molar-refractivity contribution in [3.8, 4) is 22.8 Å². The van der Waals surface area contributed by atoms with E-state index in [2.05, 4.69) is 9.98 Å². The summed E-state index contributed by atoms with van der Waals surface area (Å²) < 4.78 is 5.90. The van der Waals surface area contributed by atoms with Crippen molar-refractivity contribution in [1.82, 2.24) is 4.98 Å². The van der Waals surface area contributed by atoms with Gasteiger partial charge >= 0.3 is 0 Å². The normalized spacial score (nSPS) is 15.4. The maximum atomic E-state index is 11.4. The summed E-state index contributed by atoms with van der Waals surface area (Å²) in [5, 5.41) is 19.9. The van der Waals surface area contributed by atoms with Crippen LogP contribution in [0, 0.1) is 0 Å². The van der Waals surface area contributed by atoms with E-state index in [0.717, 1.165) is 33.4 Å². The lowest BCUT2D eigenvalue weighted by Crippen LogP contribution is -2.23. The quantitative estimate of drug-likeness (QED) is 0.338. The second-order valence-electron chi connectivity index (χ2n) is 8.96. The molecule has 36 heavy (non-hydrogen) atoms. The van der Waals surface area contributed by atoms with E-state index in [4.69, 9.17) is 4.74 Å². The third kappa shape index (κ3) is 4.59. The molecule has 0 spiro atoms. The molecule has 0 saturated carbocycles. The average Bonchev–Trinajstić information content (AvgIpc) is 3.06. The Kier molecular flexibility index (Phi) is 5.60. The Morgan fingerprint density at radius 1 is 0.833 bits per heavy atom. The number of hydrogen-bond donors (Lipinski definition) is 2. The predicted molar refractivity (Wildman–Crippen MR) is 138 cm³/mol. The first-order valence-corrected chi connectivity index (χ1v) is 11.3. The number of ketones is 1. The van der Waals surface area contributed by atoms with Crippen molar-refractivity contribution >= 4 is 28.1 Å².